The summed E-state index contributed by atoms with van der Waals surface area (Å²) in [5.41, 5.74) is 3.33. The third kappa shape index (κ3) is 5.09. The molecule has 0 saturated carbocycles. The molecule has 0 heterocycles. The van der Waals surface area contributed by atoms with Crippen LogP contribution in [0.3, 0.4) is 0 Å². The lowest BCUT2D eigenvalue weighted by atomic mass is 10.0. The van der Waals surface area contributed by atoms with Gasteiger partial charge in [-0.25, -0.2) is 4.79 Å². The van der Waals surface area contributed by atoms with Crippen LogP contribution in [-0.4, -0.2) is 11.1 Å². The van der Waals surface area contributed by atoms with E-state index in [4.69, 9.17) is 9.84 Å². The zero-order chi connectivity index (χ0) is 19.9. The summed E-state index contributed by atoms with van der Waals surface area (Å²) < 4.78 is 6.69. The number of benzene rings is 3. The molecule has 138 valence electrons. The Morgan fingerprint density at radius 3 is 2.39 bits per heavy atom. The third-order valence-corrected chi connectivity index (χ3v) is 4.57. The van der Waals surface area contributed by atoms with Gasteiger partial charge < -0.3 is 9.84 Å². The van der Waals surface area contributed by atoms with Crippen LogP contribution < -0.4 is 4.74 Å². The van der Waals surface area contributed by atoms with Crippen LogP contribution in [-0.2, 0) is 6.61 Å². The normalized spacial score (nSPS) is 10.9. The molecule has 0 atom stereocenters. The van der Waals surface area contributed by atoms with Gasteiger partial charge in [-0.05, 0) is 59.2 Å². The van der Waals surface area contributed by atoms with Crippen LogP contribution in [0.5, 0.6) is 5.75 Å². The Morgan fingerprint density at radius 1 is 1.04 bits per heavy atom. The summed E-state index contributed by atoms with van der Waals surface area (Å²) in [5.74, 6) is -0.294. The maximum atomic E-state index is 11.0. The number of nitriles is 1. The van der Waals surface area contributed by atoms with Gasteiger partial charge in [0.15, 0.2) is 0 Å². The minimum atomic E-state index is -0.961. The molecular weight excluding hydrogens is 418 g/mol. The van der Waals surface area contributed by atoms with E-state index in [9.17, 15) is 10.1 Å². The van der Waals surface area contributed by atoms with Crippen LogP contribution >= 0.6 is 15.9 Å². The van der Waals surface area contributed by atoms with Crippen LogP contribution in [0, 0.1) is 11.3 Å². The van der Waals surface area contributed by atoms with E-state index in [0.717, 1.165) is 21.2 Å². The summed E-state index contributed by atoms with van der Waals surface area (Å²) in [7, 11) is 0. The van der Waals surface area contributed by atoms with Crippen molar-refractivity contribution in [1.29, 1.82) is 5.26 Å². The van der Waals surface area contributed by atoms with E-state index >= 15 is 0 Å². The second-order valence-corrected chi connectivity index (χ2v) is 6.96. The SMILES string of the molecule is N#C/C(=C/c1ccc(OCc2cccc(C(=O)O)c2)cc1)c1ccc(Br)cc1. The number of allylic oxidation sites excluding steroid dienone is 1. The predicted molar refractivity (Wildman–Crippen MR) is 112 cm³/mol. The minimum absolute atomic E-state index is 0.235. The number of rotatable bonds is 6. The lowest BCUT2D eigenvalue weighted by Gasteiger charge is -2.07. The number of hydrogen-bond acceptors (Lipinski definition) is 3. The summed E-state index contributed by atoms with van der Waals surface area (Å²) >= 11 is 3.39. The zero-order valence-corrected chi connectivity index (χ0v) is 16.4. The quantitative estimate of drug-likeness (QED) is 0.394. The standard InChI is InChI=1S/C23H16BrNO3/c24-21-8-6-18(7-9-21)20(14-25)12-16-4-10-22(11-5-16)28-15-17-2-1-3-19(13-17)23(26)27/h1-13H,15H2,(H,26,27)/b20-12-. The molecule has 3 aromatic carbocycles. The summed E-state index contributed by atoms with van der Waals surface area (Å²) in [5, 5.41) is 18.5. The van der Waals surface area contributed by atoms with Gasteiger partial charge in [0.05, 0.1) is 17.2 Å². The van der Waals surface area contributed by atoms with E-state index in [1.165, 1.54) is 0 Å². The number of aromatic carboxylic acids is 1. The molecular formula is C23H16BrNO3. The largest absolute Gasteiger partial charge is 0.489 e. The van der Waals surface area contributed by atoms with Crippen molar-refractivity contribution in [3.05, 3.63) is 99.5 Å². The number of carbonyl (C=O) groups is 1. The van der Waals surface area contributed by atoms with Gasteiger partial charge in [-0.15, -0.1) is 0 Å². The van der Waals surface area contributed by atoms with Crippen LogP contribution in [0.15, 0.2) is 77.3 Å². The van der Waals surface area contributed by atoms with Crippen molar-refractivity contribution < 1.29 is 14.6 Å². The fraction of sp³-hybridized carbons (Fsp3) is 0.0435. The fourth-order valence-corrected chi connectivity index (χ4v) is 2.86. The van der Waals surface area contributed by atoms with Gasteiger partial charge >= 0.3 is 5.97 Å². The molecule has 0 aromatic heterocycles. The molecule has 28 heavy (non-hydrogen) atoms. The Morgan fingerprint density at radius 2 is 1.75 bits per heavy atom. The Bertz CT molecular complexity index is 1050. The van der Waals surface area contributed by atoms with Crippen molar-refractivity contribution in [3.8, 4) is 11.8 Å². The first-order valence-corrected chi connectivity index (χ1v) is 9.27. The molecule has 0 fully saturated rings. The number of nitrogens with zero attached hydrogens (tertiary/aromatic N) is 1. The molecule has 0 aliphatic carbocycles. The van der Waals surface area contributed by atoms with Gasteiger partial charge in [-0.3, -0.25) is 0 Å². The maximum Gasteiger partial charge on any atom is 0.335 e. The lowest BCUT2D eigenvalue weighted by Crippen LogP contribution is -2.00. The van der Waals surface area contributed by atoms with Crippen LogP contribution in [0.2, 0.25) is 0 Å². The van der Waals surface area contributed by atoms with Gasteiger partial charge in [-0.2, -0.15) is 5.26 Å². The van der Waals surface area contributed by atoms with E-state index < -0.39 is 5.97 Å². The first-order valence-electron chi connectivity index (χ1n) is 8.48. The molecule has 1 N–H and O–H groups in total. The first kappa shape index (κ1) is 19.4. The van der Waals surface area contributed by atoms with Gasteiger partial charge in [0, 0.05) is 4.47 Å². The molecule has 0 amide bonds. The molecule has 0 saturated heterocycles. The van der Waals surface area contributed by atoms with Crippen LogP contribution in [0.1, 0.15) is 27.0 Å². The Balaban J connectivity index is 1.69. The Hall–Kier alpha value is -3.36. The van der Waals surface area contributed by atoms with Crippen LogP contribution in [0.4, 0.5) is 0 Å². The average molecular weight is 434 g/mol. The summed E-state index contributed by atoms with van der Waals surface area (Å²) in [6.07, 6.45) is 1.82. The summed E-state index contributed by atoms with van der Waals surface area (Å²) in [4.78, 5) is 11.0. The summed E-state index contributed by atoms with van der Waals surface area (Å²) in [6, 6.07) is 23.9. The van der Waals surface area contributed by atoms with E-state index in [0.29, 0.717) is 11.3 Å². The Kier molecular flexibility index (Phi) is 6.25. The molecule has 0 unspecified atom stereocenters. The molecule has 3 rings (SSSR count). The molecule has 0 aliphatic rings. The smallest absolute Gasteiger partial charge is 0.335 e. The number of ether oxygens (including phenoxy) is 1. The van der Waals surface area contributed by atoms with Crippen molar-refractivity contribution in [2.75, 3.05) is 0 Å². The van der Waals surface area contributed by atoms with Gasteiger partial charge in [0.2, 0.25) is 0 Å². The molecule has 0 spiro atoms. The van der Waals surface area contributed by atoms with Gasteiger partial charge in [-0.1, -0.05) is 52.3 Å². The highest BCUT2D eigenvalue weighted by Crippen LogP contribution is 2.22. The zero-order valence-electron chi connectivity index (χ0n) is 14.8. The number of carboxylic acids is 1. The minimum Gasteiger partial charge on any atom is -0.489 e. The summed E-state index contributed by atoms with van der Waals surface area (Å²) in [6.45, 7) is 0.276. The third-order valence-electron chi connectivity index (χ3n) is 4.05. The highest BCUT2D eigenvalue weighted by molar-refractivity contribution is 9.10. The van der Waals surface area contributed by atoms with Crippen molar-refractivity contribution in [1.82, 2.24) is 0 Å². The average Bonchev–Trinajstić information content (AvgIpc) is 2.72. The monoisotopic (exact) mass is 433 g/mol. The molecule has 0 radical (unpaired) electrons. The topological polar surface area (TPSA) is 70.3 Å². The van der Waals surface area contributed by atoms with E-state index in [1.54, 1.807) is 18.2 Å². The molecule has 4 nitrogen and oxygen atoms in total. The molecule has 5 heteroatoms. The van der Waals surface area contributed by atoms with E-state index in [-0.39, 0.29) is 12.2 Å². The number of halogens is 1. The van der Waals surface area contributed by atoms with Crippen molar-refractivity contribution in [2.45, 2.75) is 6.61 Å². The first-order chi connectivity index (χ1) is 13.5. The fourth-order valence-electron chi connectivity index (χ4n) is 2.60. The number of hydrogen-bond donors (Lipinski definition) is 1. The highest BCUT2D eigenvalue weighted by atomic mass is 79.9. The second kappa shape index (κ2) is 9.03. The van der Waals surface area contributed by atoms with E-state index in [2.05, 4.69) is 22.0 Å². The molecule has 0 bridgehead atoms. The highest BCUT2D eigenvalue weighted by Gasteiger charge is 2.04. The maximum absolute atomic E-state index is 11.0. The number of carboxylic acid groups (broad SMARTS) is 1. The Labute approximate surface area is 171 Å². The molecule has 3 aromatic rings. The molecule has 0 aliphatic heterocycles. The van der Waals surface area contributed by atoms with Gasteiger partial charge in [0.25, 0.3) is 0 Å². The van der Waals surface area contributed by atoms with Crippen molar-refractivity contribution >= 4 is 33.5 Å². The lowest BCUT2D eigenvalue weighted by molar-refractivity contribution is 0.0696. The van der Waals surface area contributed by atoms with E-state index in [1.807, 2.05) is 60.7 Å². The predicted octanol–water partition coefficient (Wildman–Crippen LogP) is 5.79. The van der Waals surface area contributed by atoms with Crippen LogP contribution in [0.25, 0.3) is 11.6 Å². The van der Waals surface area contributed by atoms with Crippen molar-refractivity contribution in [3.63, 3.8) is 0 Å². The second-order valence-electron chi connectivity index (χ2n) is 6.04. The van der Waals surface area contributed by atoms with Gasteiger partial charge in [0.1, 0.15) is 12.4 Å². The van der Waals surface area contributed by atoms with Crippen molar-refractivity contribution in [2.24, 2.45) is 0 Å².